The molecule has 0 N–H and O–H groups in total. The van der Waals surface area contributed by atoms with Crippen molar-refractivity contribution in [3.8, 4) is 0 Å². The second kappa shape index (κ2) is 1.55. The second-order valence-corrected chi connectivity index (χ2v) is 1.73. The van der Waals surface area contributed by atoms with E-state index in [-0.39, 0.29) is 0 Å². The number of hydrogen-bond acceptors (Lipinski definition) is 2. The first kappa shape index (κ1) is 4.49. The average molecular weight is 118 g/mol. The van der Waals surface area contributed by atoms with E-state index < -0.39 is 0 Å². The van der Waals surface area contributed by atoms with Crippen LogP contribution in [0.15, 0.2) is 24.5 Å². The molecule has 2 aromatic rings. The molecule has 9 heavy (non-hydrogen) atoms. The highest BCUT2D eigenvalue weighted by molar-refractivity contribution is 5.35. The van der Waals surface area contributed by atoms with Gasteiger partial charge in [-0.3, -0.25) is 0 Å². The smallest absolute Gasteiger partial charge is 0.159 e. The normalized spacial score (nSPS) is 10.2. The van der Waals surface area contributed by atoms with E-state index in [4.69, 9.17) is 0 Å². The molecular weight excluding hydrogens is 114 g/mol. The van der Waals surface area contributed by atoms with Crippen LogP contribution in [-0.2, 0) is 0 Å². The Kier molecular flexibility index (Phi) is 0.773. The number of rotatable bonds is 0. The summed E-state index contributed by atoms with van der Waals surface area (Å²) < 4.78 is 1.85. The zero-order valence-corrected chi connectivity index (χ0v) is 4.65. The Labute approximate surface area is 52.0 Å². The van der Waals surface area contributed by atoms with Crippen molar-refractivity contribution in [1.29, 1.82) is 0 Å². The van der Waals surface area contributed by atoms with Gasteiger partial charge in [0.2, 0.25) is 0 Å². The van der Waals surface area contributed by atoms with Gasteiger partial charge < -0.3 is 4.40 Å². The third kappa shape index (κ3) is 0.579. The fraction of sp³-hybridized carbons (Fsp3) is 0. The molecule has 0 atom stereocenters. The van der Waals surface area contributed by atoms with E-state index in [0.717, 1.165) is 5.65 Å². The van der Waals surface area contributed by atoms with Crippen molar-refractivity contribution in [3.63, 3.8) is 0 Å². The maximum Gasteiger partial charge on any atom is 0.159 e. The summed E-state index contributed by atoms with van der Waals surface area (Å²) in [7, 11) is 0. The lowest BCUT2D eigenvalue weighted by Crippen LogP contribution is -1.86. The summed E-state index contributed by atoms with van der Waals surface area (Å²) in [4.78, 5) is 0. The minimum Gasteiger partial charge on any atom is -0.305 e. The third-order valence-electron chi connectivity index (χ3n) is 1.16. The van der Waals surface area contributed by atoms with Crippen molar-refractivity contribution >= 4 is 5.65 Å². The minimum atomic E-state index is 0.855. The number of hydrogen-bond donors (Lipinski definition) is 0. The molecule has 43 valence electrons. The maximum atomic E-state index is 3.80. The van der Waals surface area contributed by atoms with Gasteiger partial charge in [0.1, 0.15) is 6.20 Å². The van der Waals surface area contributed by atoms with Crippen LogP contribution in [0.4, 0.5) is 0 Å². The van der Waals surface area contributed by atoms with Gasteiger partial charge in [-0.05, 0) is 12.1 Å². The molecule has 0 aliphatic carbocycles. The first-order valence-electron chi connectivity index (χ1n) is 2.63. The molecule has 0 unspecified atom stereocenters. The highest BCUT2D eigenvalue weighted by Crippen LogP contribution is 1.94. The summed E-state index contributed by atoms with van der Waals surface area (Å²) in [5, 5.41) is 7.39. The summed E-state index contributed by atoms with van der Waals surface area (Å²) >= 11 is 0. The van der Waals surface area contributed by atoms with Gasteiger partial charge in [0.05, 0.1) is 0 Å². The van der Waals surface area contributed by atoms with E-state index in [1.165, 1.54) is 0 Å². The van der Waals surface area contributed by atoms with Crippen molar-refractivity contribution in [3.05, 3.63) is 30.7 Å². The van der Waals surface area contributed by atoms with Crippen molar-refractivity contribution in [2.24, 2.45) is 0 Å². The van der Waals surface area contributed by atoms with Crippen LogP contribution in [0.25, 0.3) is 5.65 Å². The fourth-order valence-corrected chi connectivity index (χ4v) is 0.747. The number of fused-ring (bicyclic) bond motifs is 1. The molecule has 2 heterocycles. The Balaban J connectivity index is 2.95. The lowest BCUT2D eigenvalue weighted by atomic mass is 10.6. The van der Waals surface area contributed by atoms with E-state index in [1.54, 1.807) is 6.20 Å². The molecule has 2 aromatic heterocycles. The molecule has 0 spiro atoms. The van der Waals surface area contributed by atoms with Crippen LogP contribution in [0.2, 0.25) is 0 Å². The monoisotopic (exact) mass is 118 g/mol. The zero-order valence-electron chi connectivity index (χ0n) is 4.65. The molecule has 3 nitrogen and oxygen atoms in total. The molecule has 0 saturated carbocycles. The minimum absolute atomic E-state index is 0.855. The van der Waals surface area contributed by atoms with Gasteiger partial charge in [-0.25, -0.2) is 0 Å². The summed E-state index contributed by atoms with van der Waals surface area (Å²) in [6.45, 7) is 0. The topological polar surface area (TPSA) is 30.2 Å². The molecule has 0 aromatic carbocycles. The molecule has 0 fully saturated rings. The molecule has 0 bridgehead atoms. The van der Waals surface area contributed by atoms with Crippen LogP contribution >= 0.6 is 0 Å². The lowest BCUT2D eigenvalue weighted by molar-refractivity contribution is 0.975. The Morgan fingerprint density at radius 2 is 2.56 bits per heavy atom. The van der Waals surface area contributed by atoms with E-state index in [1.807, 2.05) is 22.7 Å². The summed E-state index contributed by atoms with van der Waals surface area (Å²) in [5.74, 6) is 0. The van der Waals surface area contributed by atoms with Gasteiger partial charge in [0.25, 0.3) is 0 Å². The first-order chi connectivity index (χ1) is 4.47. The van der Waals surface area contributed by atoms with Crippen LogP contribution in [0.1, 0.15) is 0 Å². The van der Waals surface area contributed by atoms with Crippen LogP contribution in [0, 0.1) is 6.20 Å². The molecule has 0 saturated heterocycles. The van der Waals surface area contributed by atoms with E-state index in [0.29, 0.717) is 0 Å². The van der Waals surface area contributed by atoms with Crippen LogP contribution in [0.5, 0.6) is 0 Å². The van der Waals surface area contributed by atoms with E-state index >= 15 is 0 Å². The van der Waals surface area contributed by atoms with Gasteiger partial charge in [-0.1, -0.05) is 0 Å². The lowest BCUT2D eigenvalue weighted by Gasteiger charge is -1.85. The van der Waals surface area contributed by atoms with Crippen molar-refractivity contribution < 1.29 is 0 Å². The summed E-state index contributed by atoms with van der Waals surface area (Å²) in [5.41, 5.74) is 0.855. The van der Waals surface area contributed by atoms with Gasteiger partial charge in [-0.2, -0.15) is 0 Å². The quantitative estimate of drug-likeness (QED) is 0.505. The standard InChI is InChI=1S/C6H4N3/c1-2-6-8-7-3-5-9(6)4-1/h1-2,4-5H. The number of aromatic nitrogens is 3. The second-order valence-electron chi connectivity index (χ2n) is 1.73. The average Bonchev–Trinajstić information content (AvgIpc) is 2.33. The fourth-order valence-electron chi connectivity index (χ4n) is 0.747. The molecule has 3 heteroatoms. The van der Waals surface area contributed by atoms with Crippen molar-refractivity contribution in [2.45, 2.75) is 0 Å². The van der Waals surface area contributed by atoms with Gasteiger partial charge in [0.15, 0.2) is 5.65 Å². The highest BCUT2D eigenvalue weighted by atomic mass is 15.2. The van der Waals surface area contributed by atoms with E-state index in [9.17, 15) is 0 Å². The Bertz CT molecular complexity index is 282. The van der Waals surface area contributed by atoms with Crippen LogP contribution in [-0.4, -0.2) is 14.6 Å². The maximum absolute atomic E-state index is 3.80. The largest absolute Gasteiger partial charge is 0.305 e. The molecule has 0 aliphatic heterocycles. The van der Waals surface area contributed by atoms with Crippen molar-refractivity contribution in [2.75, 3.05) is 0 Å². The number of nitrogens with zero attached hydrogens (tertiary/aromatic N) is 3. The molecular formula is C6H4N3. The molecule has 1 radical (unpaired) electrons. The summed E-state index contributed by atoms with van der Waals surface area (Å²) in [6, 6.07) is 3.80. The van der Waals surface area contributed by atoms with Crippen LogP contribution in [0.3, 0.4) is 0 Å². The van der Waals surface area contributed by atoms with Gasteiger partial charge >= 0.3 is 0 Å². The van der Waals surface area contributed by atoms with Crippen LogP contribution < -0.4 is 0 Å². The van der Waals surface area contributed by atoms with Gasteiger partial charge in [-0.15, -0.1) is 10.2 Å². The van der Waals surface area contributed by atoms with Crippen molar-refractivity contribution in [1.82, 2.24) is 14.6 Å². The Hall–Kier alpha value is -1.38. The third-order valence-corrected chi connectivity index (χ3v) is 1.16. The van der Waals surface area contributed by atoms with E-state index in [2.05, 4.69) is 16.4 Å². The molecule has 0 aliphatic rings. The summed E-state index contributed by atoms with van der Waals surface area (Å²) in [6.07, 6.45) is 6.27. The predicted molar refractivity (Wildman–Crippen MR) is 31.8 cm³/mol. The Morgan fingerprint density at radius 1 is 1.56 bits per heavy atom. The SMILES string of the molecule is [c]1cn2cccc2nn1. The molecule has 0 amide bonds. The Morgan fingerprint density at radius 3 is 3.44 bits per heavy atom. The van der Waals surface area contributed by atoms with Gasteiger partial charge in [0, 0.05) is 12.4 Å². The highest BCUT2D eigenvalue weighted by Gasteiger charge is 1.87. The first-order valence-corrected chi connectivity index (χ1v) is 2.63. The zero-order chi connectivity index (χ0) is 6.10. The predicted octanol–water partition coefficient (Wildman–Crippen LogP) is 0.529. The molecule has 2 rings (SSSR count).